The highest BCUT2D eigenvalue weighted by atomic mass is 16.5. The molecule has 0 fully saturated rings. The van der Waals surface area contributed by atoms with E-state index in [1.807, 2.05) is 26.0 Å². The number of hydrogen-bond donors (Lipinski definition) is 3. The zero-order valence-electron chi connectivity index (χ0n) is 14.0. The molecule has 5 heteroatoms. The minimum absolute atomic E-state index is 0.0829. The molecule has 24 heavy (non-hydrogen) atoms. The number of ether oxygens (including phenoxy) is 1. The highest BCUT2D eigenvalue weighted by Crippen LogP contribution is 2.40. The second-order valence-corrected chi connectivity index (χ2v) is 6.51. The molecule has 0 saturated carbocycles. The molecule has 3 N–H and O–H groups in total. The number of Topliss-reactive ketones (excluding diaryl/α,β-unsaturated/α-hetero) is 1. The van der Waals surface area contributed by atoms with Gasteiger partial charge >= 0.3 is 0 Å². The third-order valence-electron chi connectivity index (χ3n) is 4.55. The molecule has 1 aliphatic rings. The molecule has 126 valence electrons. The SMILES string of the molecule is COc1cc(O)ccc1-c1ccc2c(c1CO)CC(=O)C(C)(C)N2. The van der Waals surface area contributed by atoms with Crippen LogP contribution in [0.5, 0.6) is 11.5 Å². The number of ketones is 1. The number of fused-ring (bicyclic) bond motifs is 1. The largest absolute Gasteiger partial charge is 0.508 e. The van der Waals surface area contributed by atoms with E-state index in [2.05, 4.69) is 5.32 Å². The maximum absolute atomic E-state index is 12.4. The van der Waals surface area contributed by atoms with Crippen LogP contribution in [-0.2, 0) is 17.8 Å². The van der Waals surface area contributed by atoms with Crippen LogP contribution in [-0.4, -0.2) is 28.6 Å². The molecular formula is C19H21NO4. The molecule has 1 aliphatic heterocycles. The lowest BCUT2D eigenvalue weighted by molar-refractivity contribution is -0.122. The Hall–Kier alpha value is -2.53. The number of carbonyl (C=O) groups excluding carboxylic acids is 1. The van der Waals surface area contributed by atoms with Crippen LogP contribution in [0.1, 0.15) is 25.0 Å². The minimum atomic E-state index is -0.614. The summed E-state index contributed by atoms with van der Waals surface area (Å²) < 4.78 is 5.35. The lowest BCUT2D eigenvalue weighted by Crippen LogP contribution is -2.45. The number of nitrogens with one attached hydrogen (secondary N) is 1. The molecule has 0 radical (unpaired) electrons. The van der Waals surface area contributed by atoms with Gasteiger partial charge < -0.3 is 20.3 Å². The summed E-state index contributed by atoms with van der Waals surface area (Å²) in [4.78, 5) is 12.4. The van der Waals surface area contributed by atoms with Gasteiger partial charge in [-0.25, -0.2) is 0 Å². The summed E-state index contributed by atoms with van der Waals surface area (Å²) in [7, 11) is 1.53. The molecule has 0 aliphatic carbocycles. The van der Waals surface area contributed by atoms with Crippen molar-refractivity contribution in [3.63, 3.8) is 0 Å². The number of benzene rings is 2. The summed E-state index contributed by atoms with van der Waals surface area (Å²) in [5.41, 5.74) is 3.33. The van der Waals surface area contributed by atoms with E-state index >= 15 is 0 Å². The standard InChI is InChI=1S/C19H21NO4/c1-19(2)18(23)9-14-15(10-21)12(6-7-16(14)20-19)13-5-4-11(22)8-17(13)24-3/h4-8,20-22H,9-10H2,1-3H3. The lowest BCUT2D eigenvalue weighted by atomic mass is 9.83. The fraction of sp³-hybridized carbons (Fsp3) is 0.316. The highest BCUT2D eigenvalue weighted by molar-refractivity contribution is 5.97. The van der Waals surface area contributed by atoms with Gasteiger partial charge in [-0.3, -0.25) is 4.79 Å². The van der Waals surface area contributed by atoms with Crippen molar-refractivity contribution in [3.8, 4) is 22.6 Å². The first-order valence-corrected chi connectivity index (χ1v) is 7.82. The number of phenols is 1. The Morgan fingerprint density at radius 2 is 1.92 bits per heavy atom. The smallest absolute Gasteiger partial charge is 0.162 e. The average molecular weight is 327 g/mol. The molecule has 0 bridgehead atoms. The summed E-state index contributed by atoms with van der Waals surface area (Å²) in [6.07, 6.45) is 0.277. The number of aromatic hydroxyl groups is 1. The second kappa shape index (κ2) is 5.83. The van der Waals surface area contributed by atoms with Crippen LogP contribution >= 0.6 is 0 Å². The van der Waals surface area contributed by atoms with Crippen LogP contribution in [0.15, 0.2) is 30.3 Å². The van der Waals surface area contributed by atoms with Crippen LogP contribution in [0.4, 0.5) is 5.69 Å². The molecule has 0 saturated heterocycles. The van der Waals surface area contributed by atoms with Gasteiger partial charge in [-0.2, -0.15) is 0 Å². The van der Waals surface area contributed by atoms with E-state index in [4.69, 9.17) is 4.74 Å². The molecule has 5 nitrogen and oxygen atoms in total. The van der Waals surface area contributed by atoms with E-state index in [1.165, 1.54) is 13.2 Å². The number of aliphatic hydroxyl groups excluding tert-OH is 1. The van der Waals surface area contributed by atoms with E-state index in [0.717, 1.165) is 22.4 Å². The Balaban J connectivity index is 2.19. The minimum Gasteiger partial charge on any atom is -0.508 e. The topological polar surface area (TPSA) is 78.8 Å². The van der Waals surface area contributed by atoms with Gasteiger partial charge in [0.25, 0.3) is 0 Å². The third kappa shape index (κ3) is 2.61. The van der Waals surface area contributed by atoms with Crippen LogP contribution in [0, 0.1) is 0 Å². The number of hydrogen-bond acceptors (Lipinski definition) is 5. The van der Waals surface area contributed by atoms with Crippen molar-refractivity contribution >= 4 is 11.5 Å². The summed E-state index contributed by atoms with van der Waals surface area (Å²) in [5, 5.41) is 22.8. The Labute approximate surface area is 140 Å². The molecule has 2 aromatic rings. The molecule has 2 aromatic carbocycles. The highest BCUT2D eigenvalue weighted by Gasteiger charge is 2.34. The first-order chi connectivity index (χ1) is 11.4. The fourth-order valence-corrected chi connectivity index (χ4v) is 3.14. The van der Waals surface area contributed by atoms with Crippen molar-refractivity contribution in [2.24, 2.45) is 0 Å². The zero-order chi connectivity index (χ0) is 17.5. The maximum atomic E-state index is 12.4. The van der Waals surface area contributed by atoms with Crippen molar-refractivity contribution < 1.29 is 19.7 Å². The van der Waals surface area contributed by atoms with Crippen molar-refractivity contribution in [3.05, 3.63) is 41.5 Å². The van der Waals surface area contributed by atoms with Crippen molar-refractivity contribution in [2.45, 2.75) is 32.4 Å². The van der Waals surface area contributed by atoms with Gasteiger partial charge in [0, 0.05) is 23.7 Å². The number of rotatable bonds is 3. The fourth-order valence-electron chi connectivity index (χ4n) is 3.14. The summed E-state index contributed by atoms with van der Waals surface area (Å²) in [6, 6.07) is 8.67. The van der Waals surface area contributed by atoms with Gasteiger partial charge in [0.15, 0.2) is 5.78 Å². The number of aliphatic hydroxyl groups is 1. The number of carbonyl (C=O) groups is 1. The van der Waals surface area contributed by atoms with Crippen LogP contribution < -0.4 is 10.1 Å². The molecule has 0 atom stereocenters. The number of anilines is 1. The monoisotopic (exact) mass is 327 g/mol. The van der Waals surface area contributed by atoms with Crippen molar-refractivity contribution in [1.29, 1.82) is 0 Å². The lowest BCUT2D eigenvalue weighted by Gasteiger charge is -2.34. The molecular weight excluding hydrogens is 306 g/mol. The van der Waals surface area contributed by atoms with Gasteiger partial charge in [-0.15, -0.1) is 0 Å². The first-order valence-electron chi connectivity index (χ1n) is 7.82. The van der Waals surface area contributed by atoms with E-state index < -0.39 is 5.54 Å². The van der Waals surface area contributed by atoms with Crippen LogP contribution in [0.3, 0.4) is 0 Å². The van der Waals surface area contributed by atoms with Gasteiger partial charge in [0.1, 0.15) is 11.5 Å². The van der Waals surface area contributed by atoms with Gasteiger partial charge in [-0.1, -0.05) is 6.07 Å². The molecule has 0 aromatic heterocycles. The Morgan fingerprint density at radius 3 is 2.58 bits per heavy atom. The summed E-state index contributed by atoms with van der Waals surface area (Å²) >= 11 is 0. The van der Waals surface area contributed by atoms with Crippen LogP contribution in [0.25, 0.3) is 11.1 Å². The average Bonchev–Trinajstić information content (AvgIpc) is 2.55. The van der Waals surface area contributed by atoms with E-state index in [1.54, 1.807) is 12.1 Å². The quantitative estimate of drug-likeness (QED) is 0.808. The first kappa shape index (κ1) is 16.3. The van der Waals surface area contributed by atoms with E-state index in [-0.39, 0.29) is 24.6 Å². The van der Waals surface area contributed by atoms with Crippen molar-refractivity contribution in [2.75, 3.05) is 12.4 Å². The zero-order valence-corrected chi connectivity index (χ0v) is 14.0. The van der Waals surface area contributed by atoms with Crippen LogP contribution in [0.2, 0.25) is 0 Å². The molecule has 0 spiro atoms. The van der Waals surface area contributed by atoms with Gasteiger partial charge in [0.05, 0.1) is 19.3 Å². The second-order valence-electron chi connectivity index (χ2n) is 6.51. The molecule has 0 amide bonds. The summed E-state index contributed by atoms with van der Waals surface area (Å²) in [5.74, 6) is 0.706. The molecule has 3 rings (SSSR count). The normalized spacial score (nSPS) is 15.6. The van der Waals surface area contributed by atoms with Gasteiger partial charge in [0.2, 0.25) is 0 Å². The Bertz CT molecular complexity index is 811. The molecule has 0 unspecified atom stereocenters. The van der Waals surface area contributed by atoms with Crippen molar-refractivity contribution in [1.82, 2.24) is 0 Å². The number of phenolic OH excluding ortho intramolecular Hbond substituents is 1. The van der Waals surface area contributed by atoms with Gasteiger partial charge in [-0.05, 0) is 48.7 Å². The summed E-state index contributed by atoms with van der Waals surface area (Å²) in [6.45, 7) is 3.53. The van der Waals surface area contributed by atoms with E-state index in [9.17, 15) is 15.0 Å². The predicted octanol–water partition coefficient (Wildman–Crippen LogP) is 2.88. The Morgan fingerprint density at radius 1 is 1.21 bits per heavy atom. The Kier molecular flexibility index (Phi) is 3.97. The third-order valence-corrected chi connectivity index (χ3v) is 4.55. The van der Waals surface area contributed by atoms with E-state index in [0.29, 0.717) is 11.3 Å². The number of methoxy groups -OCH3 is 1. The molecule has 1 heterocycles. The predicted molar refractivity (Wildman–Crippen MR) is 92.4 cm³/mol. The maximum Gasteiger partial charge on any atom is 0.162 e.